The summed E-state index contributed by atoms with van der Waals surface area (Å²) in [6.07, 6.45) is 0.351. The van der Waals surface area contributed by atoms with Crippen LogP contribution in [-0.2, 0) is 6.42 Å². The van der Waals surface area contributed by atoms with Gasteiger partial charge in [0, 0.05) is 6.42 Å². The zero-order valence-electron chi connectivity index (χ0n) is 8.79. The largest absolute Gasteiger partial charge is 0.463 e. The Morgan fingerprint density at radius 1 is 1.38 bits per heavy atom. The van der Waals surface area contributed by atoms with E-state index in [4.69, 9.17) is 4.42 Å². The minimum atomic E-state index is -0.521. The van der Waals surface area contributed by atoms with Gasteiger partial charge in [-0.2, -0.15) is 0 Å². The van der Waals surface area contributed by atoms with Crippen molar-refractivity contribution in [3.8, 4) is 0 Å². The first-order valence-electron chi connectivity index (χ1n) is 4.72. The van der Waals surface area contributed by atoms with E-state index in [2.05, 4.69) is 0 Å². The van der Waals surface area contributed by atoms with E-state index in [1.165, 1.54) is 0 Å². The number of furan rings is 1. The summed E-state index contributed by atoms with van der Waals surface area (Å²) in [6, 6.07) is 3.78. The van der Waals surface area contributed by atoms with Gasteiger partial charge < -0.3 is 9.52 Å². The quantitative estimate of drug-likeness (QED) is 0.762. The standard InChI is InChI=1S/C11H18O2/c1-5-8-6-7-9(13-8)10(12)11(2,3)4/h6-7,10,12H,5H2,1-4H3/t10-/m1/s1. The molecule has 2 heteroatoms. The molecular weight excluding hydrogens is 164 g/mol. The van der Waals surface area contributed by atoms with Crippen LogP contribution < -0.4 is 0 Å². The Labute approximate surface area is 79.6 Å². The van der Waals surface area contributed by atoms with E-state index in [9.17, 15) is 5.11 Å². The summed E-state index contributed by atoms with van der Waals surface area (Å²) in [6.45, 7) is 8.01. The van der Waals surface area contributed by atoms with Crippen LogP contribution in [0.25, 0.3) is 0 Å². The minimum absolute atomic E-state index is 0.164. The second kappa shape index (κ2) is 3.54. The van der Waals surface area contributed by atoms with Crippen molar-refractivity contribution in [2.24, 2.45) is 5.41 Å². The third-order valence-electron chi connectivity index (χ3n) is 2.12. The van der Waals surface area contributed by atoms with Crippen LogP contribution in [0.2, 0.25) is 0 Å². The molecule has 0 aliphatic carbocycles. The molecule has 0 spiro atoms. The molecule has 0 bridgehead atoms. The lowest BCUT2D eigenvalue weighted by Crippen LogP contribution is -2.17. The Hall–Kier alpha value is -0.760. The summed E-state index contributed by atoms with van der Waals surface area (Å²) >= 11 is 0. The number of hydrogen-bond donors (Lipinski definition) is 1. The lowest BCUT2D eigenvalue weighted by atomic mass is 9.88. The second-order valence-electron chi connectivity index (χ2n) is 4.43. The molecule has 0 amide bonds. The van der Waals surface area contributed by atoms with Gasteiger partial charge in [-0.05, 0) is 17.5 Å². The van der Waals surface area contributed by atoms with Gasteiger partial charge in [-0.25, -0.2) is 0 Å². The molecule has 0 unspecified atom stereocenters. The van der Waals surface area contributed by atoms with Crippen molar-refractivity contribution in [3.05, 3.63) is 23.7 Å². The van der Waals surface area contributed by atoms with Crippen molar-refractivity contribution in [1.82, 2.24) is 0 Å². The van der Waals surface area contributed by atoms with Gasteiger partial charge in [0.2, 0.25) is 0 Å². The van der Waals surface area contributed by atoms with Gasteiger partial charge in [0.1, 0.15) is 17.6 Å². The molecule has 0 fully saturated rings. The summed E-state index contributed by atoms with van der Waals surface area (Å²) in [5.74, 6) is 1.60. The Morgan fingerprint density at radius 2 is 2.00 bits per heavy atom. The monoisotopic (exact) mass is 182 g/mol. The van der Waals surface area contributed by atoms with Crippen LogP contribution in [0.4, 0.5) is 0 Å². The highest BCUT2D eigenvalue weighted by Crippen LogP contribution is 2.33. The zero-order chi connectivity index (χ0) is 10.1. The molecule has 2 nitrogen and oxygen atoms in total. The highest BCUT2D eigenvalue weighted by molar-refractivity contribution is 5.10. The Kier molecular flexibility index (Phi) is 2.81. The van der Waals surface area contributed by atoms with Crippen LogP contribution in [0.5, 0.6) is 0 Å². The SMILES string of the molecule is CCc1ccc([C@@H](O)C(C)(C)C)o1. The molecule has 0 aromatic carbocycles. The van der Waals surface area contributed by atoms with Gasteiger partial charge in [0.25, 0.3) is 0 Å². The Morgan fingerprint density at radius 3 is 2.38 bits per heavy atom. The molecule has 13 heavy (non-hydrogen) atoms. The molecule has 0 radical (unpaired) electrons. The third kappa shape index (κ3) is 2.34. The lowest BCUT2D eigenvalue weighted by Gasteiger charge is -2.23. The van der Waals surface area contributed by atoms with E-state index in [-0.39, 0.29) is 5.41 Å². The van der Waals surface area contributed by atoms with E-state index < -0.39 is 6.10 Å². The first-order valence-corrected chi connectivity index (χ1v) is 4.72. The summed E-state index contributed by atoms with van der Waals surface area (Å²) in [4.78, 5) is 0. The van der Waals surface area contributed by atoms with E-state index in [0.717, 1.165) is 12.2 Å². The molecule has 0 saturated heterocycles. The molecule has 1 aromatic rings. The van der Waals surface area contributed by atoms with Gasteiger partial charge >= 0.3 is 0 Å². The molecule has 0 saturated carbocycles. The van der Waals surface area contributed by atoms with Gasteiger partial charge in [-0.15, -0.1) is 0 Å². The van der Waals surface area contributed by atoms with E-state index >= 15 is 0 Å². The smallest absolute Gasteiger partial charge is 0.133 e. The highest BCUT2D eigenvalue weighted by Gasteiger charge is 2.26. The second-order valence-corrected chi connectivity index (χ2v) is 4.43. The van der Waals surface area contributed by atoms with Crippen LogP contribution in [0.3, 0.4) is 0 Å². The molecule has 0 aliphatic heterocycles. The highest BCUT2D eigenvalue weighted by atomic mass is 16.4. The Bertz CT molecular complexity index is 268. The summed E-state index contributed by atoms with van der Waals surface area (Å²) in [5.41, 5.74) is -0.164. The van der Waals surface area contributed by atoms with Crippen LogP contribution in [0.15, 0.2) is 16.5 Å². The fourth-order valence-electron chi connectivity index (χ4n) is 1.16. The van der Waals surface area contributed by atoms with Crippen molar-refractivity contribution in [2.45, 2.75) is 40.2 Å². The first-order chi connectivity index (χ1) is 5.95. The average Bonchev–Trinajstić information content (AvgIpc) is 2.48. The minimum Gasteiger partial charge on any atom is -0.463 e. The van der Waals surface area contributed by atoms with Gasteiger partial charge in [-0.1, -0.05) is 27.7 Å². The average molecular weight is 182 g/mol. The van der Waals surface area contributed by atoms with Crippen molar-refractivity contribution in [2.75, 3.05) is 0 Å². The number of aliphatic hydroxyl groups is 1. The van der Waals surface area contributed by atoms with Crippen molar-refractivity contribution < 1.29 is 9.52 Å². The number of aryl methyl sites for hydroxylation is 1. The van der Waals surface area contributed by atoms with Crippen LogP contribution in [0.1, 0.15) is 45.3 Å². The maximum atomic E-state index is 9.87. The summed E-state index contributed by atoms with van der Waals surface area (Å²) in [7, 11) is 0. The Balaban J connectivity index is 2.83. The first kappa shape index (κ1) is 10.3. The fraction of sp³-hybridized carbons (Fsp3) is 0.636. The van der Waals surface area contributed by atoms with Gasteiger partial charge in [-0.3, -0.25) is 0 Å². The molecule has 1 atom stereocenters. The van der Waals surface area contributed by atoms with Crippen molar-refractivity contribution >= 4 is 0 Å². The maximum Gasteiger partial charge on any atom is 0.133 e. The summed E-state index contributed by atoms with van der Waals surface area (Å²) in [5, 5.41) is 9.87. The molecular formula is C11H18O2. The van der Waals surface area contributed by atoms with Gasteiger partial charge in [0.15, 0.2) is 0 Å². The topological polar surface area (TPSA) is 33.4 Å². The normalized spacial score (nSPS) is 14.5. The molecule has 1 rings (SSSR count). The molecule has 74 valence electrons. The molecule has 0 aliphatic rings. The molecule has 1 N–H and O–H groups in total. The van der Waals surface area contributed by atoms with Crippen LogP contribution in [0, 0.1) is 5.41 Å². The molecule has 1 aromatic heterocycles. The number of rotatable bonds is 2. The van der Waals surface area contributed by atoms with Crippen molar-refractivity contribution in [3.63, 3.8) is 0 Å². The fourth-order valence-corrected chi connectivity index (χ4v) is 1.16. The predicted octanol–water partition coefficient (Wildman–Crippen LogP) is 2.92. The number of aliphatic hydroxyl groups excluding tert-OH is 1. The number of hydrogen-bond acceptors (Lipinski definition) is 2. The van der Waals surface area contributed by atoms with E-state index in [0.29, 0.717) is 5.76 Å². The third-order valence-corrected chi connectivity index (χ3v) is 2.12. The maximum absolute atomic E-state index is 9.87. The molecule has 1 heterocycles. The van der Waals surface area contributed by atoms with Crippen molar-refractivity contribution in [1.29, 1.82) is 0 Å². The predicted molar refractivity (Wildman–Crippen MR) is 52.5 cm³/mol. The van der Waals surface area contributed by atoms with E-state index in [1.54, 1.807) is 0 Å². The van der Waals surface area contributed by atoms with Gasteiger partial charge in [0.05, 0.1) is 0 Å². The van der Waals surface area contributed by atoms with Crippen LogP contribution in [-0.4, -0.2) is 5.11 Å². The van der Waals surface area contributed by atoms with E-state index in [1.807, 2.05) is 39.8 Å². The lowest BCUT2D eigenvalue weighted by molar-refractivity contribution is 0.0425. The van der Waals surface area contributed by atoms with Crippen LogP contribution >= 0.6 is 0 Å². The summed E-state index contributed by atoms with van der Waals surface area (Å²) < 4.78 is 5.47. The zero-order valence-corrected chi connectivity index (χ0v) is 8.79.